The summed E-state index contributed by atoms with van der Waals surface area (Å²) in [6, 6.07) is 10.1. The van der Waals surface area contributed by atoms with E-state index in [-0.39, 0.29) is 17.6 Å². The van der Waals surface area contributed by atoms with Crippen LogP contribution in [0.4, 0.5) is 5.82 Å². The minimum Gasteiger partial charge on any atom is -0.350 e. The zero-order valence-corrected chi connectivity index (χ0v) is 21.3. The van der Waals surface area contributed by atoms with Crippen LogP contribution in [0.3, 0.4) is 0 Å². The van der Waals surface area contributed by atoms with Crippen molar-refractivity contribution in [2.75, 3.05) is 30.3 Å². The van der Waals surface area contributed by atoms with Crippen molar-refractivity contribution >= 4 is 56.8 Å². The highest BCUT2D eigenvalue weighted by molar-refractivity contribution is 7.99. The molecule has 4 heterocycles. The van der Waals surface area contributed by atoms with Gasteiger partial charge in [0.15, 0.2) is 0 Å². The number of hydrogen-bond acceptors (Lipinski definition) is 6. The van der Waals surface area contributed by atoms with E-state index in [1.165, 1.54) is 6.08 Å². The Labute approximate surface area is 217 Å². The number of benzene rings is 2. The Morgan fingerprint density at radius 1 is 1.22 bits per heavy atom. The van der Waals surface area contributed by atoms with Crippen molar-refractivity contribution in [1.29, 1.82) is 0 Å². The van der Waals surface area contributed by atoms with Crippen molar-refractivity contribution in [3.05, 3.63) is 70.9 Å². The molecular weight excluding hydrogens is 494 g/mol. The number of halogens is 1. The number of rotatable bonds is 3. The highest BCUT2D eigenvalue weighted by atomic mass is 35.5. The van der Waals surface area contributed by atoms with Crippen molar-refractivity contribution in [3.8, 4) is 11.1 Å². The van der Waals surface area contributed by atoms with E-state index in [9.17, 15) is 9.59 Å². The molecule has 2 aromatic heterocycles. The van der Waals surface area contributed by atoms with Crippen LogP contribution in [0.1, 0.15) is 6.92 Å². The Bertz CT molecular complexity index is 1610. The molecule has 0 radical (unpaired) electrons. The number of carbonyl (C=O) groups excluding carboxylic acids is 1. The van der Waals surface area contributed by atoms with Gasteiger partial charge in [-0.2, -0.15) is 4.98 Å². The molecule has 36 heavy (non-hydrogen) atoms. The second-order valence-electron chi connectivity index (χ2n) is 9.11. The number of anilines is 1. The van der Waals surface area contributed by atoms with Crippen LogP contribution in [-0.2, 0) is 11.3 Å². The fourth-order valence-corrected chi connectivity index (χ4v) is 6.91. The zero-order valence-electron chi connectivity index (χ0n) is 19.8. The van der Waals surface area contributed by atoms with Crippen molar-refractivity contribution in [3.63, 3.8) is 0 Å². The Morgan fingerprint density at radius 3 is 2.89 bits per heavy atom. The number of thioether (sulfide) groups is 1. The number of pyridine rings is 1. The van der Waals surface area contributed by atoms with Gasteiger partial charge in [0.2, 0.25) is 5.91 Å². The molecule has 0 bridgehead atoms. The fourth-order valence-electron chi connectivity index (χ4n) is 5.35. The highest BCUT2D eigenvalue weighted by Gasteiger charge is 2.31. The highest BCUT2D eigenvalue weighted by Crippen LogP contribution is 2.47. The van der Waals surface area contributed by atoms with Gasteiger partial charge in [-0.05, 0) is 36.1 Å². The van der Waals surface area contributed by atoms with E-state index in [0.717, 1.165) is 43.5 Å². The van der Waals surface area contributed by atoms with Crippen molar-refractivity contribution < 1.29 is 4.79 Å². The molecule has 7 nitrogen and oxygen atoms in total. The van der Waals surface area contributed by atoms with Gasteiger partial charge in [0, 0.05) is 71.6 Å². The lowest BCUT2D eigenvalue weighted by Crippen LogP contribution is -2.54. The predicted molar refractivity (Wildman–Crippen MR) is 146 cm³/mol. The average Bonchev–Trinajstić information content (AvgIpc) is 2.90. The second kappa shape index (κ2) is 8.94. The first-order valence-corrected chi connectivity index (χ1v) is 13.2. The lowest BCUT2D eigenvalue weighted by Gasteiger charge is -2.40. The number of hydrogen-bond donors (Lipinski definition) is 0. The number of amides is 1. The largest absolute Gasteiger partial charge is 0.350 e. The molecule has 0 unspecified atom stereocenters. The first-order valence-electron chi connectivity index (χ1n) is 11.9. The normalized spacial score (nSPS) is 17.6. The van der Waals surface area contributed by atoms with Gasteiger partial charge in [0.05, 0.1) is 10.5 Å². The lowest BCUT2D eigenvalue weighted by atomic mass is 9.98. The minimum absolute atomic E-state index is 0.0183. The molecule has 9 heteroatoms. The third-order valence-electron chi connectivity index (χ3n) is 7.05. The molecule has 4 aromatic rings. The summed E-state index contributed by atoms with van der Waals surface area (Å²) in [6.07, 6.45) is 4.99. The first kappa shape index (κ1) is 23.1. The van der Waals surface area contributed by atoms with E-state index in [0.29, 0.717) is 37.0 Å². The first-order chi connectivity index (χ1) is 17.5. The summed E-state index contributed by atoms with van der Waals surface area (Å²) in [5, 5.41) is 3.58. The van der Waals surface area contributed by atoms with E-state index < -0.39 is 0 Å². The molecule has 0 saturated carbocycles. The molecule has 1 saturated heterocycles. The summed E-state index contributed by atoms with van der Waals surface area (Å²) in [4.78, 5) is 39.2. The van der Waals surface area contributed by atoms with Crippen LogP contribution in [0, 0.1) is 0 Å². The summed E-state index contributed by atoms with van der Waals surface area (Å²) < 4.78 is 1.77. The van der Waals surface area contributed by atoms with Gasteiger partial charge < -0.3 is 9.80 Å². The molecule has 2 aliphatic heterocycles. The molecule has 182 valence electrons. The van der Waals surface area contributed by atoms with E-state index >= 15 is 0 Å². The van der Waals surface area contributed by atoms with E-state index in [1.54, 1.807) is 27.4 Å². The van der Waals surface area contributed by atoms with Crippen LogP contribution in [0.5, 0.6) is 0 Å². The number of aromatic nitrogens is 3. The van der Waals surface area contributed by atoms with E-state index in [1.807, 2.05) is 31.3 Å². The standard InChI is InChI=1S/C27H24ClN5O2S/c1-3-22(34)31-9-10-32(16(2)15-31)26-19-13-21(28)23(18-6-4-5-17-7-8-29-14-20(17)18)25-24(19)33(11-12-36-25)27(35)30-26/h3-8,13-14,16H,1,9-12,15H2,2H3/t16-/m0/s1. The molecule has 0 spiro atoms. The van der Waals surface area contributed by atoms with Crippen LogP contribution in [0.25, 0.3) is 32.8 Å². The van der Waals surface area contributed by atoms with Gasteiger partial charge in [0.25, 0.3) is 0 Å². The van der Waals surface area contributed by atoms with Gasteiger partial charge in [-0.15, -0.1) is 11.8 Å². The number of fused-ring (bicyclic) bond motifs is 1. The molecule has 1 amide bonds. The van der Waals surface area contributed by atoms with E-state index in [4.69, 9.17) is 11.6 Å². The lowest BCUT2D eigenvalue weighted by molar-refractivity contribution is -0.126. The molecule has 0 aliphatic carbocycles. The number of nitrogens with zero attached hydrogens (tertiary/aromatic N) is 5. The SMILES string of the molecule is C=CC(=O)N1CCN(c2nc(=O)n3c4c(c(-c5cccc6ccncc56)c(Cl)cc24)SCC3)[C@@H](C)C1. The number of aryl methyl sites for hydroxylation is 1. The zero-order chi connectivity index (χ0) is 25.0. The summed E-state index contributed by atoms with van der Waals surface area (Å²) in [7, 11) is 0. The monoisotopic (exact) mass is 517 g/mol. The van der Waals surface area contributed by atoms with Gasteiger partial charge in [-0.25, -0.2) is 4.79 Å². The van der Waals surface area contributed by atoms with Crippen molar-refractivity contribution in [1.82, 2.24) is 19.4 Å². The van der Waals surface area contributed by atoms with Gasteiger partial charge in [-0.3, -0.25) is 14.3 Å². The quantitative estimate of drug-likeness (QED) is 0.370. The Kier molecular flexibility index (Phi) is 5.73. The average molecular weight is 518 g/mol. The second-order valence-corrected chi connectivity index (χ2v) is 10.6. The molecular formula is C27H24ClN5O2S. The van der Waals surface area contributed by atoms with Crippen LogP contribution in [-0.4, -0.2) is 56.8 Å². The summed E-state index contributed by atoms with van der Waals surface area (Å²) in [6.45, 7) is 7.89. The summed E-state index contributed by atoms with van der Waals surface area (Å²) in [5.41, 5.74) is 2.54. The van der Waals surface area contributed by atoms with Crippen LogP contribution in [0.15, 0.2) is 65.1 Å². The Morgan fingerprint density at radius 2 is 2.08 bits per heavy atom. The van der Waals surface area contributed by atoms with E-state index in [2.05, 4.69) is 33.6 Å². The smallest absolute Gasteiger partial charge is 0.350 e. The topological polar surface area (TPSA) is 71.3 Å². The van der Waals surface area contributed by atoms with Crippen molar-refractivity contribution in [2.24, 2.45) is 0 Å². The maximum absolute atomic E-state index is 13.3. The molecule has 2 aromatic carbocycles. The Hall–Kier alpha value is -3.36. The van der Waals surface area contributed by atoms with Gasteiger partial charge in [0.1, 0.15) is 5.82 Å². The maximum Gasteiger partial charge on any atom is 0.350 e. The van der Waals surface area contributed by atoms with Gasteiger partial charge >= 0.3 is 5.69 Å². The van der Waals surface area contributed by atoms with Gasteiger partial charge in [-0.1, -0.05) is 36.4 Å². The van der Waals surface area contributed by atoms with Crippen LogP contribution >= 0.6 is 23.4 Å². The molecule has 1 atom stereocenters. The van der Waals surface area contributed by atoms with Crippen molar-refractivity contribution in [2.45, 2.75) is 24.4 Å². The maximum atomic E-state index is 13.3. The molecule has 1 fully saturated rings. The summed E-state index contributed by atoms with van der Waals surface area (Å²) in [5.74, 6) is 1.30. The van der Waals surface area contributed by atoms with Crippen LogP contribution in [0.2, 0.25) is 5.02 Å². The summed E-state index contributed by atoms with van der Waals surface area (Å²) >= 11 is 8.76. The fraction of sp³-hybridized carbons (Fsp3) is 0.259. The third-order valence-corrected chi connectivity index (χ3v) is 8.42. The number of carbonyl (C=O) groups is 1. The minimum atomic E-state index is -0.260. The van der Waals surface area contributed by atoms with Crippen LogP contribution < -0.4 is 10.6 Å². The molecule has 6 rings (SSSR count). The molecule has 2 aliphatic rings. The molecule has 0 N–H and O–H groups in total. The number of piperazine rings is 1. The third kappa shape index (κ3) is 3.59. The Balaban J connectivity index is 1.57. The predicted octanol–water partition coefficient (Wildman–Crippen LogP) is 4.59.